The molecule has 0 atom stereocenters. The number of nitrogens with zero attached hydrogens (tertiary/aromatic N) is 1. The van der Waals surface area contributed by atoms with Crippen LogP contribution in [0.4, 0.5) is 11.4 Å². The van der Waals surface area contributed by atoms with Gasteiger partial charge in [0.2, 0.25) is 0 Å². The number of hydrogen-bond donors (Lipinski definition) is 1. The summed E-state index contributed by atoms with van der Waals surface area (Å²) in [5.74, 6) is 0.0325. The lowest BCUT2D eigenvalue weighted by Gasteiger charge is -2.13. The molecule has 0 saturated heterocycles. The summed E-state index contributed by atoms with van der Waals surface area (Å²) in [6.45, 7) is 2.21. The predicted octanol–water partition coefficient (Wildman–Crippen LogP) is 4.22. The largest absolute Gasteiger partial charge is 0.380 e. The Morgan fingerprint density at radius 2 is 1.81 bits per heavy atom. The van der Waals surface area contributed by atoms with Gasteiger partial charge in [-0.25, -0.2) is 0 Å². The molecule has 2 rings (SSSR count). The molecule has 1 N–H and O–H groups in total. The van der Waals surface area contributed by atoms with E-state index in [9.17, 15) is 4.79 Å². The zero-order valence-electron chi connectivity index (χ0n) is 12.5. The van der Waals surface area contributed by atoms with Crippen LogP contribution < -0.4 is 10.2 Å². The molecule has 2 aromatic carbocycles. The highest BCUT2D eigenvalue weighted by atomic mass is 35.5. The number of halogens is 1. The fourth-order valence-electron chi connectivity index (χ4n) is 1.99. The molecular formula is C17H19ClN2O. The third kappa shape index (κ3) is 3.99. The van der Waals surface area contributed by atoms with E-state index in [1.807, 2.05) is 14.1 Å². The van der Waals surface area contributed by atoms with E-state index in [1.165, 1.54) is 0 Å². The highest BCUT2D eigenvalue weighted by Gasteiger charge is 2.05. The number of carbonyl (C=O) groups is 1. The number of ketones is 1. The lowest BCUT2D eigenvalue weighted by molar-refractivity contribution is 0.101. The molecule has 0 fully saturated rings. The number of Topliss-reactive ketones (excluding diaryl/α,β-unsaturated/α-hetero) is 1. The molecule has 0 amide bonds. The van der Waals surface area contributed by atoms with Crippen LogP contribution in [0, 0.1) is 0 Å². The molecule has 0 saturated carbocycles. The molecule has 0 aliphatic carbocycles. The standard InChI is InChI=1S/C17H19ClN2O/c1-12(21)14-6-9-16(18)17(10-14)19-11-13-4-7-15(8-5-13)20(2)3/h4-10,19H,11H2,1-3H3. The van der Waals surface area contributed by atoms with Gasteiger partial charge >= 0.3 is 0 Å². The van der Waals surface area contributed by atoms with Gasteiger partial charge in [-0.1, -0.05) is 23.7 Å². The van der Waals surface area contributed by atoms with Gasteiger partial charge in [0.1, 0.15) is 0 Å². The maximum absolute atomic E-state index is 11.4. The highest BCUT2D eigenvalue weighted by Crippen LogP contribution is 2.24. The topological polar surface area (TPSA) is 32.3 Å². The minimum Gasteiger partial charge on any atom is -0.380 e. The molecule has 2 aromatic rings. The highest BCUT2D eigenvalue weighted by molar-refractivity contribution is 6.33. The summed E-state index contributed by atoms with van der Waals surface area (Å²) in [5, 5.41) is 3.89. The molecule has 0 unspecified atom stereocenters. The Kier molecular flexibility index (Phi) is 4.86. The van der Waals surface area contributed by atoms with Crippen LogP contribution in [0.25, 0.3) is 0 Å². The van der Waals surface area contributed by atoms with Gasteiger partial charge in [-0.05, 0) is 42.8 Å². The maximum Gasteiger partial charge on any atom is 0.159 e. The fraction of sp³-hybridized carbons (Fsp3) is 0.235. The van der Waals surface area contributed by atoms with E-state index in [4.69, 9.17) is 11.6 Å². The number of rotatable bonds is 5. The zero-order valence-corrected chi connectivity index (χ0v) is 13.2. The first-order valence-corrected chi connectivity index (χ1v) is 7.16. The van der Waals surface area contributed by atoms with Crippen LogP contribution in [0.15, 0.2) is 42.5 Å². The summed E-state index contributed by atoms with van der Waals surface area (Å²) in [4.78, 5) is 13.5. The van der Waals surface area contributed by atoms with Crippen LogP contribution in [0.5, 0.6) is 0 Å². The van der Waals surface area contributed by atoms with E-state index >= 15 is 0 Å². The molecule has 0 aliphatic heterocycles. The summed E-state index contributed by atoms with van der Waals surface area (Å²) in [6.07, 6.45) is 0. The minimum absolute atomic E-state index is 0.0325. The Hall–Kier alpha value is -2.00. The molecule has 0 heterocycles. The van der Waals surface area contributed by atoms with Crippen molar-refractivity contribution in [2.75, 3.05) is 24.3 Å². The molecule has 21 heavy (non-hydrogen) atoms. The van der Waals surface area contributed by atoms with Crippen molar-refractivity contribution < 1.29 is 4.79 Å². The van der Waals surface area contributed by atoms with Crippen LogP contribution in [-0.2, 0) is 6.54 Å². The van der Waals surface area contributed by atoms with E-state index in [1.54, 1.807) is 25.1 Å². The van der Waals surface area contributed by atoms with Crippen molar-refractivity contribution in [1.82, 2.24) is 0 Å². The Bertz CT molecular complexity index is 636. The van der Waals surface area contributed by atoms with Crippen LogP contribution in [0.3, 0.4) is 0 Å². The Morgan fingerprint density at radius 3 is 2.38 bits per heavy atom. The van der Waals surface area contributed by atoms with Crippen molar-refractivity contribution >= 4 is 28.8 Å². The number of benzene rings is 2. The first-order valence-electron chi connectivity index (χ1n) is 6.78. The third-order valence-corrected chi connectivity index (χ3v) is 3.64. The summed E-state index contributed by atoms with van der Waals surface area (Å²) < 4.78 is 0. The van der Waals surface area contributed by atoms with Crippen LogP contribution in [0.1, 0.15) is 22.8 Å². The van der Waals surface area contributed by atoms with Gasteiger partial charge in [-0.3, -0.25) is 4.79 Å². The fourth-order valence-corrected chi connectivity index (χ4v) is 2.17. The summed E-state index contributed by atoms with van der Waals surface area (Å²) in [5.41, 5.74) is 3.76. The first-order chi connectivity index (χ1) is 9.97. The number of carbonyl (C=O) groups excluding carboxylic acids is 1. The second-order valence-corrected chi connectivity index (χ2v) is 5.57. The van der Waals surface area contributed by atoms with Gasteiger partial charge in [0, 0.05) is 31.9 Å². The predicted molar refractivity (Wildman–Crippen MR) is 89.6 cm³/mol. The van der Waals surface area contributed by atoms with Crippen LogP contribution >= 0.6 is 11.6 Å². The third-order valence-electron chi connectivity index (χ3n) is 3.31. The van der Waals surface area contributed by atoms with E-state index in [0.29, 0.717) is 17.1 Å². The number of nitrogens with one attached hydrogen (secondary N) is 1. The SMILES string of the molecule is CC(=O)c1ccc(Cl)c(NCc2ccc(N(C)C)cc2)c1. The van der Waals surface area contributed by atoms with Crippen molar-refractivity contribution in [2.45, 2.75) is 13.5 Å². The summed E-state index contributed by atoms with van der Waals surface area (Å²) in [7, 11) is 4.03. The first kappa shape index (κ1) is 15.4. The quantitative estimate of drug-likeness (QED) is 0.839. The average molecular weight is 303 g/mol. The molecule has 0 bridgehead atoms. The summed E-state index contributed by atoms with van der Waals surface area (Å²) in [6, 6.07) is 13.6. The van der Waals surface area contributed by atoms with Gasteiger partial charge in [-0.15, -0.1) is 0 Å². The van der Waals surface area contributed by atoms with Gasteiger partial charge in [0.25, 0.3) is 0 Å². The van der Waals surface area contributed by atoms with Crippen LogP contribution in [0.2, 0.25) is 5.02 Å². The monoisotopic (exact) mass is 302 g/mol. The number of anilines is 2. The van der Waals surface area contributed by atoms with Crippen LogP contribution in [-0.4, -0.2) is 19.9 Å². The zero-order chi connectivity index (χ0) is 15.4. The van der Waals surface area contributed by atoms with Gasteiger partial charge in [0.05, 0.1) is 10.7 Å². The molecule has 0 radical (unpaired) electrons. The van der Waals surface area contributed by atoms with Gasteiger partial charge in [-0.2, -0.15) is 0 Å². The van der Waals surface area contributed by atoms with Gasteiger partial charge < -0.3 is 10.2 Å². The minimum atomic E-state index is 0.0325. The Labute approximate surface area is 130 Å². The molecule has 0 spiro atoms. The van der Waals surface area contributed by atoms with Gasteiger partial charge in [0.15, 0.2) is 5.78 Å². The summed E-state index contributed by atoms with van der Waals surface area (Å²) >= 11 is 6.15. The lowest BCUT2D eigenvalue weighted by atomic mass is 10.1. The van der Waals surface area contributed by atoms with E-state index in [0.717, 1.165) is 16.9 Å². The molecule has 110 valence electrons. The van der Waals surface area contributed by atoms with Crippen molar-refractivity contribution in [2.24, 2.45) is 0 Å². The van der Waals surface area contributed by atoms with E-state index in [-0.39, 0.29) is 5.78 Å². The average Bonchev–Trinajstić information content (AvgIpc) is 2.46. The smallest absolute Gasteiger partial charge is 0.159 e. The molecule has 0 aromatic heterocycles. The molecule has 0 aliphatic rings. The van der Waals surface area contributed by atoms with Crippen molar-refractivity contribution in [3.63, 3.8) is 0 Å². The van der Waals surface area contributed by atoms with E-state index < -0.39 is 0 Å². The Balaban J connectivity index is 2.09. The van der Waals surface area contributed by atoms with Crippen molar-refractivity contribution in [3.8, 4) is 0 Å². The maximum atomic E-state index is 11.4. The molecule has 3 nitrogen and oxygen atoms in total. The second-order valence-electron chi connectivity index (χ2n) is 5.17. The van der Waals surface area contributed by atoms with E-state index in [2.05, 4.69) is 34.5 Å². The Morgan fingerprint density at radius 1 is 1.14 bits per heavy atom. The normalized spacial score (nSPS) is 10.3. The number of hydrogen-bond acceptors (Lipinski definition) is 3. The molecule has 4 heteroatoms. The lowest BCUT2D eigenvalue weighted by Crippen LogP contribution is -2.08. The second kappa shape index (κ2) is 6.64. The van der Waals surface area contributed by atoms with Crippen molar-refractivity contribution in [3.05, 3.63) is 58.6 Å². The van der Waals surface area contributed by atoms with Crippen molar-refractivity contribution in [1.29, 1.82) is 0 Å². The molecular weight excluding hydrogens is 284 g/mol.